The Morgan fingerprint density at radius 2 is 0.862 bits per heavy atom. The molecule has 552 valence electrons. The van der Waals surface area contributed by atoms with Gasteiger partial charge in [0.1, 0.15) is 29.6 Å². The number of sulfone groups is 2. The van der Waals surface area contributed by atoms with Crippen LogP contribution < -0.4 is 5.73 Å². The number of aliphatic imine (C=N–C) groups is 1. The number of methoxy groups -OCH3 is 2. The van der Waals surface area contributed by atoms with Crippen molar-refractivity contribution in [2.24, 2.45) is 32.4 Å². The highest BCUT2D eigenvalue weighted by Gasteiger charge is 2.41. The minimum Gasteiger partial charge on any atom is -0.478 e. The third-order valence-corrected chi connectivity index (χ3v) is 17.1. The lowest BCUT2D eigenvalue weighted by molar-refractivity contribution is -0.149. The van der Waals surface area contributed by atoms with E-state index in [1.165, 1.54) is 36.9 Å². The van der Waals surface area contributed by atoms with E-state index in [-0.39, 0.29) is 67.7 Å². The monoisotopic (exact) mass is 1380 g/mol. The molecule has 0 saturated heterocycles. The first-order valence-electron chi connectivity index (χ1n) is 31.0. The predicted molar refractivity (Wildman–Crippen MR) is 383 cm³/mol. The third kappa shape index (κ3) is 49.4. The van der Waals surface area contributed by atoms with E-state index in [9.17, 15) is 66.0 Å². The van der Waals surface area contributed by atoms with Gasteiger partial charge in [-0.05, 0) is 169 Å². The Hall–Kier alpha value is -5.11. The number of carboxylic acid groups (broad SMARTS) is 1. The van der Waals surface area contributed by atoms with Crippen LogP contribution in [0, 0.1) is 21.7 Å². The van der Waals surface area contributed by atoms with Gasteiger partial charge in [-0.2, -0.15) is 0 Å². The number of ketones is 2. The fraction of sp³-hybridized carbons (Fsp3) is 0.757. The van der Waals surface area contributed by atoms with Gasteiger partial charge in [0.05, 0.1) is 67.9 Å². The Morgan fingerprint density at radius 1 is 0.574 bits per heavy atom. The highest BCUT2D eigenvalue weighted by Crippen LogP contribution is 2.29. The molecule has 2 heterocycles. The summed E-state index contributed by atoms with van der Waals surface area (Å²) in [5.74, 6) is 0.235. The van der Waals surface area contributed by atoms with Gasteiger partial charge in [-0.25, -0.2) is 31.6 Å². The molecule has 2 aromatic rings. The van der Waals surface area contributed by atoms with E-state index >= 15 is 0 Å². The second-order valence-electron chi connectivity index (χ2n) is 32.6. The summed E-state index contributed by atoms with van der Waals surface area (Å²) in [6, 6.07) is 6.94. The summed E-state index contributed by atoms with van der Waals surface area (Å²) in [5, 5.41) is 46.6. The van der Waals surface area contributed by atoms with Crippen molar-refractivity contribution in [3.8, 4) is 0 Å². The van der Waals surface area contributed by atoms with Gasteiger partial charge in [-0.15, -0.1) is 0 Å². The zero-order valence-corrected chi connectivity index (χ0v) is 66.9. The maximum absolute atomic E-state index is 12.0. The SMILES string of the molecule is CC(=O)C(C)(C)C.CC(=O)C(C)(C)C.CC(C)(C)N1C(=O)c2ccccc2C1=O.CC(C)(C)S(C)(=O)=O.CC(C)(C)S(C)(=O)=O.CC(C)(C)c1ncc(C(=O)O)cn1.CC(N)=NC(C)(C)C.CC[C@@H](O)[C@@H](O)[C@H](O)[C@@H](O)C(C)(C)C.COC(=O)C(C)(C)C.COC(C)(C)C. The molecule has 94 heavy (non-hydrogen) atoms. The van der Waals surface area contributed by atoms with E-state index < -0.39 is 70.5 Å². The van der Waals surface area contributed by atoms with Crippen molar-refractivity contribution in [3.05, 3.63) is 59.2 Å². The molecule has 0 saturated carbocycles. The number of carbonyl (C=O) groups excluding carboxylic acids is 5. The maximum Gasteiger partial charge on any atom is 0.338 e. The van der Waals surface area contributed by atoms with Crippen LogP contribution in [-0.4, -0.2) is 176 Å². The van der Waals surface area contributed by atoms with Gasteiger partial charge in [0.15, 0.2) is 19.7 Å². The first kappa shape index (κ1) is 102. The number of esters is 1. The fourth-order valence-corrected chi connectivity index (χ4v) is 4.63. The summed E-state index contributed by atoms with van der Waals surface area (Å²) in [4.78, 5) is 79.3. The second kappa shape index (κ2) is 41.2. The van der Waals surface area contributed by atoms with Crippen molar-refractivity contribution in [1.29, 1.82) is 0 Å². The topological polar surface area (TPSA) is 358 Å². The minimum absolute atomic E-state index is 0.0150. The van der Waals surface area contributed by atoms with Crippen molar-refractivity contribution in [3.63, 3.8) is 0 Å². The lowest BCUT2D eigenvalue weighted by Crippen LogP contribution is -2.49. The number of amidine groups is 1. The van der Waals surface area contributed by atoms with Gasteiger partial charge in [-0.1, -0.05) is 102 Å². The minimum atomic E-state index is -2.84. The molecular formula is C70H133N5O17S2. The van der Waals surface area contributed by atoms with Gasteiger partial charge in [0.25, 0.3) is 11.8 Å². The van der Waals surface area contributed by atoms with E-state index in [4.69, 9.17) is 15.6 Å². The van der Waals surface area contributed by atoms with E-state index in [1.807, 2.05) is 145 Å². The third-order valence-electron chi connectivity index (χ3n) is 12.7. The van der Waals surface area contributed by atoms with Crippen LogP contribution >= 0.6 is 0 Å². The largest absolute Gasteiger partial charge is 0.478 e. The van der Waals surface area contributed by atoms with Gasteiger partial charge >= 0.3 is 11.9 Å². The van der Waals surface area contributed by atoms with Crippen LogP contribution in [0.1, 0.15) is 279 Å². The van der Waals surface area contributed by atoms with Crippen LogP contribution in [0.3, 0.4) is 0 Å². The summed E-state index contributed by atoms with van der Waals surface area (Å²) >= 11 is 0. The number of nitrogens with two attached hydrogens (primary N) is 1. The second-order valence-corrected chi connectivity index (χ2v) is 38.2. The molecule has 4 atom stereocenters. The lowest BCUT2D eigenvalue weighted by atomic mass is 9.83. The van der Waals surface area contributed by atoms with Crippen molar-refractivity contribution in [2.75, 3.05) is 26.7 Å². The molecule has 22 nitrogen and oxygen atoms in total. The van der Waals surface area contributed by atoms with Gasteiger partial charge < -0.3 is 40.7 Å². The highest BCUT2D eigenvalue weighted by atomic mass is 32.2. The molecule has 0 spiro atoms. The smallest absolute Gasteiger partial charge is 0.338 e. The lowest BCUT2D eigenvalue weighted by Gasteiger charge is -2.33. The molecule has 24 heteroatoms. The quantitative estimate of drug-likeness (QED) is 0.0701. The van der Waals surface area contributed by atoms with E-state index in [1.54, 1.807) is 121 Å². The number of ether oxygens (including phenoxy) is 2. The molecule has 0 bridgehead atoms. The number of nitrogens with zero attached hydrogens (tertiary/aromatic N) is 4. The molecule has 2 amide bonds. The molecule has 1 aliphatic heterocycles. The molecule has 0 radical (unpaired) electrons. The van der Waals surface area contributed by atoms with Crippen LogP contribution in [0.5, 0.6) is 0 Å². The number of fused-ring (bicyclic) bond motifs is 1. The van der Waals surface area contributed by atoms with Crippen LogP contribution in [0.25, 0.3) is 0 Å². The Labute approximate surface area is 569 Å². The summed E-state index contributed by atoms with van der Waals surface area (Å²) in [7, 11) is -2.58. The molecule has 3 rings (SSSR count). The summed E-state index contributed by atoms with van der Waals surface area (Å²) in [5.41, 5.74) is 4.74. The first-order valence-corrected chi connectivity index (χ1v) is 34.8. The normalized spacial score (nSPS) is 14.3. The van der Waals surface area contributed by atoms with Crippen molar-refractivity contribution in [1.82, 2.24) is 14.9 Å². The number of rotatable bonds is 5. The zero-order valence-electron chi connectivity index (χ0n) is 65.3. The van der Waals surface area contributed by atoms with E-state index in [0.29, 0.717) is 29.2 Å². The fourth-order valence-electron chi connectivity index (χ4n) is 4.63. The van der Waals surface area contributed by atoms with Gasteiger partial charge in [0.2, 0.25) is 0 Å². The number of aliphatic hydroxyl groups is 4. The standard InChI is InChI=1S/C12H13NO2.C10H22O4.C9H12N2O2.C6H14N2.C6H12O2.2C6H12O.2C5H12O2S.C5H12O/c1-12(2,3)13-10(14)8-6-4-5-7-9(8)11(13)15;1-5-6(11)7(12)8(13)9(14)10(2,3)4;1-9(2,3)8-10-4-6(5-11-8)7(12)13;1-5(7)8-6(2,3)4;1-6(2,3)5(7)8-4;2*1-5(7)6(2,3)4;2*1-5(2,3)8(4,6)7;1-5(2,3)6-4/h4-7H,1-3H3;6-9,11-14H,5H2,1-4H3;4-5H,1-3H3,(H,12,13);1-4H3,(H2,7,8);1-4H3;2*1-4H3;2*1-4H3;1-4H3/t;6-,7-,8+,9-;;;;;;;;/m.1......../s1. The average molecular weight is 1380 g/mol. The molecule has 0 fully saturated rings. The predicted octanol–water partition coefficient (Wildman–Crippen LogP) is 12.1. The van der Waals surface area contributed by atoms with Crippen LogP contribution in [-0.2, 0) is 48.9 Å². The number of hydrogen-bond donors (Lipinski definition) is 6. The Balaban J connectivity index is -0.000000182. The molecule has 0 aliphatic carbocycles. The van der Waals surface area contributed by atoms with E-state index in [2.05, 4.69) is 19.7 Å². The van der Waals surface area contributed by atoms with Crippen molar-refractivity contribution in [2.45, 2.75) is 298 Å². The number of amides is 2. The Morgan fingerprint density at radius 3 is 1.00 bits per heavy atom. The molecule has 7 N–H and O–H groups in total. The Bertz CT molecular complexity index is 2750. The average Bonchev–Trinajstić information content (AvgIpc) is 1.62. The van der Waals surface area contributed by atoms with Gasteiger partial charge in [-0.3, -0.25) is 33.9 Å². The number of carboxylic acids is 1. The number of aromatic carboxylic acids is 1. The number of benzene rings is 1. The highest BCUT2D eigenvalue weighted by molar-refractivity contribution is 7.92. The number of carbonyl (C=O) groups is 6. The number of Topliss-reactive ketones (excluding diaryl/α,β-unsaturated/α-hetero) is 2. The number of imide groups is 1. The molecule has 1 aromatic heterocycles. The number of aromatic nitrogens is 2. The molecule has 0 unspecified atom stereocenters. The molecule has 1 aromatic carbocycles. The van der Waals surface area contributed by atoms with E-state index in [0.717, 1.165) is 0 Å². The molecular weight excluding hydrogens is 1250 g/mol. The van der Waals surface area contributed by atoms with Gasteiger partial charge in [0, 0.05) is 53.8 Å². The molecule has 1 aliphatic rings. The zero-order chi connectivity index (χ0) is 77.7. The first-order chi connectivity index (χ1) is 40.9. The Kier molecular flexibility index (Phi) is 44.9. The van der Waals surface area contributed by atoms with Crippen molar-refractivity contribution < 1.29 is 80.6 Å². The summed E-state index contributed by atoms with van der Waals surface area (Å²) in [6.45, 7) is 62.6. The van der Waals surface area contributed by atoms with Crippen LogP contribution in [0.2, 0.25) is 0 Å². The maximum atomic E-state index is 12.0. The van der Waals surface area contributed by atoms with Crippen LogP contribution in [0.15, 0.2) is 41.7 Å². The summed E-state index contributed by atoms with van der Waals surface area (Å²) < 4.78 is 50.8. The van der Waals surface area contributed by atoms with Crippen molar-refractivity contribution >= 4 is 60.8 Å². The number of hydrogen-bond acceptors (Lipinski definition) is 19. The summed E-state index contributed by atoms with van der Waals surface area (Å²) in [6.07, 6.45) is 0.820. The number of aliphatic hydroxyl groups excluding tert-OH is 4. The van der Waals surface area contributed by atoms with Crippen LogP contribution in [0.4, 0.5) is 0 Å².